The second kappa shape index (κ2) is 5.98. The Labute approximate surface area is 117 Å². The summed E-state index contributed by atoms with van der Waals surface area (Å²) in [5, 5.41) is 10.1. The van der Waals surface area contributed by atoms with Gasteiger partial charge in [0, 0.05) is 25.2 Å². The number of nitrogens with one attached hydrogen (secondary N) is 1. The van der Waals surface area contributed by atoms with Gasteiger partial charge in [-0.05, 0) is 13.0 Å². The van der Waals surface area contributed by atoms with Crippen molar-refractivity contribution in [1.29, 1.82) is 0 Å². The predicted octanol–water partition coefficient (Wildman–Crippen LogP) is 0.760. The molecule has 0 spiro atoms. The molecule has 0 aliphatic heterocycles. The van der Waals surface area contributed by atoms with Gasteiger partial charge in [-0.25, -0.2) is 4.79 Å². The fourth-order valence-corrected chi connectivity index (χ4v) is 1.45. The first-order valence-corrected chi connectivity index (χ1v) is 5.84. The average molecular weight is 306 g/mol. The molecule has 0 saturated carbocycles. The molecule has 6 nitrogen and oxygen atoms in total. The first kappa shape index (κ1) is 16.7. The number of nitrogens with zero attached hydrogens (tertiary/aromatic N) is 1. The first-order valence-electron chi connectivity index (χ1n) is 5.84. The van der Waals surface area contributed by atoms with Crippen molar-refractivity contribution in [1.82, 2.24) is 9.88 Å². The van der Waals surface area contributed by atoms with Crippen molar-refractivity contribution in [3.63, 3.8) is 0 Å². The molecular weight excluding hydrogens is 293 g/mol. The van der Waals surface area contributed by atoms with E-state index in [4.69, 9.17) is 5.11 Å². The molecular formula is C12H13F3N2O4. The third kappa shape index (κ3) is 3.83. The number of hydrogen-bond donors (Lipinski definition) is 2. The van der Waals surface area contributed by atoms with E-state index in [9.17, 15) is 27.6 Å². The van der Waals surface area contributed by atoms with E-state index in [1.54, 1.807) is 0 Å². The first-order chi connectivity index (χ1) is 9.58. The van der Waals surface area contributed by atoms with Crippen LogP contribution in [0.4, 0.5) is 13.2 Å². The van der Waals surface area contributed by atoms with E-state index < -0.39 is 35.6 Å². The summed E-state index contributed by atoms with van der Waals surface area (Å²) in [5.74, 6) is -3.33. The lowest BCUT2D eigenvalue weighted by Crippen LogP contribution is -2.62. The third-order valence-corrected chi connectivity index (χ3v) is 2.86. The Hall–Kier alpha value is -2.32. The van der Waals surface area contributed by atoms with E-state index in [0.717, 1.165) is 4.57 Å². The van der Waals surface area contributed by atoms with Gasteiger partial charge < -0.3 is 15.0 Å². The highest BCUT2D eigenvalue weighted by Crippen LogP contribution is 2.30. The van der Waals surface area contributed by atoms with E-state index in [1.807, 2.05) is 0 Å². The Morgan fingerprint density at radius 2 is 1.95 bits per heavy atom. The Bertz CT molecular complexity index is 597. The molecule has 0 aromatic carbocycles. The van der Waals surface area contributed by atoms with Crippen molar-refractivity contribution < 1.29 is 27.9 Å². The summed E-state index contributed by atoms with van der Waals surface area (Å²) >= 11 is 0. The summed E-state index contributed by atoms with van der Waals surface area (Å²) in [6.45, 7) is 0.209. The van der Waals surface area contributed by atoms with Crippen LogP contribution in [0.15, 0.2) is 29.2 Å². The van der Waals surface area contributed by atoms with Crippen molar-refractivity contribution >= 4 is 11.9 Å². The van der Waals surface area contributed by atoms with Crippen LogP contribution in [0.3, 0.4) is 0 Å². The summed E-state index contributed by atoms with van der Waals surface area (Å²) in [5.41, 5.74) is -3.78. The van der Waals surface area contributed by atoms with Crippen LogP contribution in [-0.4, -0.2) is 33.3 Å². The zero-order valence-corrected chi connectivity index (χ0v) is 11.0. The van der Waals surface area contributed by atoms with Crippen LogP contribution in [0, 0.1) is 0 Å². The summed E-state index contributed by atoms with van der Waals surface area (Å²) in [6.07, 6.45) is -4.23. The second-order valence-electron chi connectivity index (χ2n) is 4.46. The van der Waals surface area contributed by atoms with Crippen LogP contribution >= 0.6 is 0 Å². The number of hydrogen-bond acceptors (Lipinski definition) is 3. The molecule has 1 aromatic heterocycles. The van der Waals surface area contributed by atoms with Crippen molar-refractivity contribution in [2.24, 2.45) is 0 Å². The van der Waals surface area contributed by atoms with Crippen molar-refractivity contribution in [2.45, 2.75) is 31.6 Å². The van der Waals surface area contributed by atoms with Gasteiger partial charge in [0.05, 0.1) is 0 Å². The lowest BCUT2D eigenvalue weighted by Gasteiger charge is -2.28. The summed E-state index contributed by atoms with van der Waals surface area (Å²) in [4.78, 5) is 33.6. The Balaban J connectivity index is 2.75. The fourth-order valence-electron chi connectivity index (χ4n) is 1.45. The molecule has 1 amide bonds. The van der Waals surface area contributed by atoms with E-state index in [2.05, 4.69) is 0 Å². The van der Waals surface area contributed by atoms with Crippen molar-refractivity contribution in [3.05, 3.63) is 34.7 Å². The van der Waals surface area contributed by atoms with Gasteiger partial charge in [0.2, 0.25) is 11.4 Å². The van der Waals surface area contributed by atoms with Crippen LogP contribution in [0.25, 0.3) is 0 Å². The molecule has 0 fully saturated rings. The third-order valence-electron chi connectivity index (χ3n) is 2.86. The quantitative estimate of drug-likeness (QED) is 0.840. The molecule has 1 unspecified atom stereocenters. The summed E-state index contributed by atoms with van der Waals surface area (Å²) in [6, 6.07) is 4.23. The normalized spacial score (nSPS) is 14.3. The molecule has 2 N–H and O–H groups in total. The largest absolute Gasteiger partial charge is 0.479 e. The van der Waals surface area contributed by atoms with E-state index >= 15 is 0 Å². The molecule has 1 rings (SSSR count). The number of halogens is 3. The molecule has 0 aliphatic rings. The second-order valence-corrected chi connectivity index (χ2v) is 4.46. The molecule has 0 saturated heterocycles. The fraction of sp³-hybridized carbons (Fsp3) is 0.417. The number of alkyl halides is 3. The summed E-state index contributed by atoms with van der Waals surface area (Å²) < 4.78 is 39.2. The molecule has 21 heavy (non-hydrogen) atoms. The monoisotopic (exact) mass is 306 g/mol. The van der Waals surface area contributed by atoms with Crippen molar-refractivity contribution in [3.8, 4) is 0 Å². The van der Waals surface area contributed by atoms with Gasteiger partial charge in [-0.15, -0.1) is 0 Å². The van der Waals surface area contributed by atoms with Gasteiger partial charge in [0.1, 0.15) is 0 Å². The van der Waals surface area contributed by atoms with Gasteiger partial charge in [0.25, 0.3) is 5.56 Å². The number of carbonyl (C=O) groups excluding carboxylic acids is 1. The number of rotatable bonds is 5. The Kier molecular flexibility index (Phi) is 4.77. The molecule has 0 radical (unpaired) electrons. The minimum atomic E-state index is -5.14. The number of aromatic nitrogens is 1. The van der Waals surface area contributed by atoms with Gasteiger partial charge >= 0.3 is 12.1 Å². The van der Waals surface area contributed by atoms with E-state index in [1.165, 1.54) is 29.7 Å². The minimum Gasteiger partial charge on any atom is -0.479 e. The zero-order chi connectivity index (χ0) is 16.3. The van der Waals surface area contributed by atoms with Crippen LogP contribution in [0.2, 0.25) is 0 Å². The smallest absolute Gasteiger partial charge is 0.422 e. The lowest BCUT2D eigenvalue weighted by molar-refractivity contribution is -0.207. The summed E-state index contributed by atoms with van der Waals surface area (Å²) in [7, 11) is 0. The van der Waals surface area contributed by atoms with Gasteiger partial charge in [-0.1, -0.05) is 6.07 Å². The van der Waals surface area contributed by atoms with Gasteiger partial charge in [-0.3, -0.25) is 9.59 Å². The highest BCUT2D eigenvalue weighted by atomic mass is 19.4. The number of aryl methyl sites for hydroxylation is 1. The molecule has 1 aromatic rings. The lowest BCUT2D eigenvalue weighted by atomic mass is 10.0. The highest BCUT2D eigenvalue weighted by Gasteiger charge is 2.58. The Morgan fingerprint density at radius 1 is 1.33 bits per heavy atom. The molecule has 9 heteroatoms. The SMILES string of the molecule is CC(NC(=O)CCn1ccccc1=O)(C(=O)O)C(F)(F)F. The van der Waals surface area contributed by atoms with Crippen LogP contribution in [0.1, 0.15) is 13.3 Å². The topological polar surface area (TPSA) is 88.4 Å². The maximum atomic E-state index is 12.7. The molecule has 1 atom stereocenters. The minimum absolute atomic E-state index is 0.154. The average Bonchev–Trinajstić information content (AvgIpc) is 2.36. The number of carboxylic acid groups (broad SMARTS) is 1. The van der Waals surface area contributed by atoms with Crippen LogP contribution in [-0.2, 0) is 16.1 Å². The number of aliphatic carboxylic acids is 1. The number of carbonyl (C=O) groups is 2. The van der Waals surface area contributed by atoms with E-state index in [0.29, 0.717) is 6.92 Å². The molecule has 116 valence electrons. The van der Waals surface area contributed by atoms with E-state index in [-0.39, 0.29) is 6.54 Å². The van der Waals surface area contributed by atoms with Crippen molar-refractivity contribution in [2.75, 3.05) is 0 Å². The van der Waals surface area contributed by atoms with Gasteiger partial charge in [0.15, 0.2) is 0 Å². The zero-order valence-electron chi connectivity index (χ0n) is 11.0. The standard InChI is InChI=1S/C12H13F3N2O4/c1-11(10(20)21,12(13,14)15)16-8(18)5-7-17-6-3-2-4-9(17)19/h2-4,6H,5,7H2,1H3,(H,16,18)(H,20,21). The van der Waals surface area contributed by atoms with Gasteiger partial charge in [-0.2, -0.15) is 13.2 Å². The maximum absolute atomic E-state index is 12.7. The molecule has 0 bridgehead atoms. The number of amides is 1. The molecule has 0 aliphatic carbocycles. The molecule has 1 heterocycles. The maximum Gasteiger partial charge on any atom is 0.422 e. The van der Waals surface area contributed by atoms with Crippen LogP contribution < -0.4 is 10.9 Å². The highest BCUT2D eigenvalue weighted by molar-refractivity contribution is 5.87. The predicted molar refractivity (Wildman–Crippen MR) is 65.6 cm³/mol. The Morgan fingerprint density at radius 3 is 2.43 bits per heavy atom. The number of carboxylic acids is 1. The number of pyridine rings is 1. The van der Waals surface area contributed by atoms with Crippen LogP contribution in [0.5, 0.6) is 0 Å².